The molecule has 158 valence electrons. The number of carbonyl (C=O) groups is 1. The molecular weight excluding hydrogens is 386 g/mol. The first-order valence-electron chi connectivity index (χ1n) is 10.3. The lowest BCUT2D eigenvalue weighted by molar-refractivity contribution is -0.122. The van der Waals surface area contributed by atoms with Gasteiger partial charge in [0.1, 0.15) is 5.01 Å². The van der Waals surface area contributed by atoms with Crippen LogP contribution in [0, 0.1) is 5.92 Å². The lowest BCUT2D eigenvalue weighted by Gasteiger charge is -2.36. The number of thiazole rings is 1. The molecule has 0 saturated carbocycles. The SMILES string of the molecule is CCOc1ccc(CN2CCC[C@@H]([C@H](NC(=O)CC)c3nccs3)C2)cc1OC. The molecule has 1 amide bonds. The second kappa shape index (κ2) is 10.6. The van der Waals surface area contributed by atoms with Crippen molar-refractivity contribution < 1.29 is 14.3 Å². The number of rotatable bonds is 9. The molecule has 0 bridgehead atoms. The molecule has 1 aliphatic heterocycles. The van der Waals surface area contributed by atoms with Gasteiger partial charge in [-0.3, -0.25) is 9.69 Å². The van der Waals surface area contributed by atoms with E-state index in [1.807, 2.05) is 31.5 Å². The Bertz CT molecular complexity index is 782. The molecule has 7 heteroatoms. The Morgan fingerprint density at radius 2 is 2.24 bits per heavy atom. The van der Waals surface area contributed by atoms with E-state index in [0.717, 1.165) is 49.0 Å². The highest BCUT2D eigenvalue weighted by Gasteiger charge is 2.31. The number of ether oxygens (including phenoxy) is 2. The van der Waals surface area contributed by atoms with Crippen molar-refractivity contribution in [2.45, 2.75) is 45.7 Å². The summed E-state index contributed by atoms with van der Waals surface area (Å²) < 4.78 is 11.1. The normalized spacial score (nSPS) is 18.2. The quantitative estimate of drug-likeness (QED) is 0.667. The summed E-state index contributed by atoms with van der Waals surface area (Å²) in [5, 5.41) is 6.19. The minimum absolute atomic E-state index is 0.0138. The molecule has 3 rings (SSSR count). The molecule has 1 N–H and O–H groups in total. The van der Waals surface area contributed by atoms with Crippen LogP contribution in [0.15, 0.2) is 29.8 Å². The minimum atomic E-state index is -0.0138. The van der Waals surface area contributed by atoms with Crippen molar-refractivity contribution in [2.75, 3.05) is 26.8 Å². The summed E-state index contributed by atoms with van der Waals surface area (Å²) in [6.07, 6.45) is 4.52. The second-order valence-corrected chi connectivity index (χ2v) is 8.25. The summed E-state index contributed by atoms with van der Waals surface area (Å²) in [6, 6.07) is 6.14. The van der Waals surface area contributed by atoms with E-state index in [0.29, 0.717) is 18.9 Å². The summed E-state index contributed by atoms with van der Waals surface area (Å²) in [7, 11) is 1.67. The van der Waals surface area contributed by atoms with Crippen LogP contribution >= 0.6 is 11.3 Å². The van der Waals surface area contributed by atoms with E-state index in [1.54, 1.807) is 18.4 Å². The monoisotopic (exact) mass is 417 g/mol. The van der Waals surface area contributed by atoms with Crippen LogP contribution in [-0.4, -0.2) is 42.6 Å². The Morgan fingerprint density at radius 1 is 1.38 bits per heavy atom. The maximum Gasteiger partial charge on any atom is 0.220 e. The van der Waals surface area contributed by atoms with Crippen molar-refractivity contribution in [1.82, 2.24) is 15.2 Å². The third kappa shape index (κ3) is 5.70. The maximum absolute atomic E-state index is 12.1. The smallest absolute Gasteiger partial charge is 0.220 e. The van der Waals surface area contributed by atoms with Crippen LogP contribution in [0.25, 0.3) is 0 Å². The standard InChI is InChI=1S/C22H31N3O3S/c1-4-20(26)24-21(22-23-10-12-29-22)17-7-6-11-25(15-17)14-16-8-9-18(28-5-2)19(13-16)27-3/h8-10,12-13,17,21H,4-7,11,14-15H2,1-3H3,(H,24,26)/t17-,21+/m1/s1. The fourth-order valence-corrected chi connectivity index (χ4v) is 4.68. The van der Waals surface area contributed by atoms with E-state index in [1.165, 1.54) is 5.56 Å². The van der Waals surface area contributed by atoms with Gasteiger partial charge in [-0.25, -0.2) is 4.98 Å². The summed E-state index contributed by atoms with van der Waals surface area (Å²) >= 11 is 1.62. The van der Waals surface area contributed by atoms with Crippen LogP contribution in [0.3, 0.4) is 0 Å². The van der Waals surface area contributed by atoms with Gasteiger partial charge >= 0.3 is 0 Å². The van der Waals surface area contributed by atoms with Gasteiger partial charge < -0.3 is 14.8 Å². The van der Waals surface area contributed by atoms with Crippen molar-refractivity contribution >= 4 is 17.2 Å². The number of hydrogen-bond donors (Lipinski definition) is 1. The van der Waals surface area contributed by atoms with Crippen LogP contribution in [0.2, 0.25) is 0 Å². The molecule has 29 heavy (non-hydrogen) atoms. The molecule has 0 unspecified atom stereocenters. The lowest BCUT2D eigenvalue weighted by atomic mass is 9.90. The third-order valence-electron chi connectivity index (χ3n) is 5.30. The molecule has 0 radical (unpaired) electrons. The first-order chi connectivity index (χ1) is 14.1. The number of nitrogens with one attached hydrogen (secondary N) is 1. The number of likely N-dealkylation sites (tertiary alicyclic amines) is 1. The molecule has 2 atom stereocenters. The van der Waals surface area contributed by atoms with E-state index in [2.05, 4.69) is 27.3 Å². The molecule has 0 spiro atoms. The van der Waals surface area contributed by atoms with Crippen molar-refractivity contribution in [1.29, 1.82) is 0 Å². The molecule has 2 aromatic rings. The second-order valence-electron chi connectivity index (χ2n) is 7.32. The van der Waals surface area contributed by atoms with Gasteiger partial charge in [-0.05, 0) is 49.9 Å². The predicted molar refractivity (Wildman–Crippen MR) is 115 cm³/mol. The highest BCUT2D eigenvalue weighted by Crippen LogP contribution is 2.33. The van der Waals surface area contributed by atoms with Crippen molar-refractivity contribution in [3.63, 3.8) is 0 Å². The number of benzene rings is 1. The number of hydrogen-bond acceptors (Lipinski definition) is 6. The van der Waals surface area contributed by atoms with Crippen LogP contribution < -0.4 is 14.8 Å². The van der Waals surface area contributed by atoms with Gasteiger partial charge in [0, 0.05) is 31.1 Å². The van der Waals surface area contributed by atoms with Gasteiger partial charge in [-0.1, -0.05) is 13.0 Å². The van der Waals surface area contributed by atoms with Crippen molar-refractivity contribution in [2.24, 2.45) is 5.92 Å². The number of nitrogens with zero attached hydrogens (tertiary/aromatic N) is 2. The Morgan fingerprint density at radius 3 is 2.93 bits per heavy atom. The van der Waals surface area contributed by atoms with E-state index >= 15 is 0 Å². The van der Waals surface area contributed by atoms with E-state index in [4.69, 9.17) is 9.47 Å². The third-order valence-corrected chi connectivity index (χ3v) is 6.16. The molecular formula is C22H31N3O3S. The van der Waals surface area contributed by atoms with Crippen LogP contribution in [0.1, 0.15) is 49.7 Å². The fourth-order valence-electron chi connectivity index (χ4n) is 3.90. The maximum atomic E-state index is 12.1. The Hall–Kier alpha value is -2.12. The zero-order valence-electron chi connectivity index (χ0n) is 17.5. The average Bonchev–Trinajstić information content (AvgIpc) is 3.27. The number of methoxy groups -OCH3 is 1. The lowest BCUT2D eigenvalue weighted by Crippen LogP contribution is -2.42. The van der Waals surface area contributed by atoms with Crippen LogP contribution in [-0.2, 0) is 11.3 Å². The van der Waals surface area contributed by atoms with Gasteiger partial charge in [-0.15, -0.1) is 11.3 Å². The Labute approximate surface area is 177 Å². The Kier molecular flexibility index (Phi) is 7.89. The van der Waals surface area contributed by atoms with Crippen LogP contribution in [0.5, 0.6) is 11.5 Å². The molecule has 1 aromatic heterocycles. The first-order valence-corrected chi connectivity index (χ1v) is 11.2. The summed E-state index contributed by atoms with van der Waals surface area (Å²) in [6.45, 7) is 7.32. The summed E-state index contributed by atoms with van der Waals surface area (Å²) in [5.41, 5.74) is 1.20. The van der Waals surface area contributed by atoms with E-state index < -0.39 is 0 Å². The number of piperidine rings is 1. The number of aromatic nitrogens is 1. The Balaban J connectivity index is 1.70. The number of carbonyl (C=O) groups excluding carboxylic acids is 1. The molecule has 1 fully saturated rings. The predicted octanol–water partition coefficient (Wildman–Crippen LogP) is 4.03. The molecule has 1 saturated heterocycles. The van der Waals surface area contributed by atoms with Crippen molar-refractivity contribution in [3.05, 3.63) is 40.3 Å². The van der Waals surface area contributed by atoms with Gasteiger partial charge in [-0.2, -0.15) is 0 Å². The highest BCUT2D eigenvalue weighted by molar-refractivity contribution is 7.09. The van der Waals surface area contributed by atoms with Gasteiger partial charge in [0.15, 0.2) is 11.5 Å². The molecule has 1 aromatic carbocycles. The van der Waals surface area contributed by atoms with E-state index in [-0.39, 0.29) is 11.9 Å². The molecule has 0 aliphatic carbocycles. The minimum Gasteiger partial charge on any atom is -0.493 e. The zero-order chi connectivity index (χ0) is 20.6. The largest absolute Gasteiger partial charge is 0.493 e. The topological polar surface area (TPSA) is 63.7 Å². The summed E-state index contributed by atoms with van der Waals surface area (Å²) in [4.78, 5) is 19.1. The van der Waals surface area contributed by atoms with Crippen molar-refractivity contribution in [3.8, 4) is 11.5 Å². The number of amides is 1. The highest BCUT2D eigenvalue weighted by atomic mass is 32.1. The van der Waals surface area contributed by atoms with Gasteiger partial charge in [0.05, 0.1) is 19.8 Å². The molecule has 1 aliphatic rings. The molecule has 2 heterocycles. The fraction of sp³-hybridized carbons (Fsp3) is 0.545. The zero-order valence-corrected chi connectivity index (χ0v) is 18.3. The average molecular weight is 418 g/mol. The van der Waals surface area contributed by atoms with Gasteiger partial charge in [0.25, 0.3) is 0 Å². The van der Waals surface area contributed by atoms with E-state index in [9.17, 15) is 4.79 Å². The molecule has 6 nitrogen and oxygen atoms in total. The van der Waals surface area contributed by atoms with Crippen LogP contribution in [0.4, 0.5) is 0 Å². The van der Waals surface area contributed by atoms with Gasteiger partial charge in [0.2, 0.25) is 5.91 Å². The first kappa shape index (κ1) is 21.6. The summed E-state index contributed by atoms with van der Waals surface area (Å²) in [5.74, 6) is 1.99.